The van der Waals surface area contributed by atoms with Gasteiger partial charge in [-0.05, 0) is 43.2 Å². The number of ether oxygens (including phenoxy) is 1. The molecule has 10 heteroatoms. The first-order valence-electron chi connectivity index (χ1n) is 10.2. The minimum atomic E-state index is -3.88. The summed E-state index contributed by atoms with van der Waals surface area (Å²) in [4.78, 5) is 38.0. The van der Waals surface area contributed by atoms with E-state index in [1.807, 2.05) is 0 Å². The number of esters is 1. The summed E-state index contributed by atoms with van der Waals surface area (Å²) in [7, 11) is -3.88. The highest BCUT2D eigenvalue weighted by Crippen LogP contribution is 2.28. The molecular weight excluding hydrogens is 456 g/mol. The van der Waals surface area contributed by atoms with E-state index < -0.39 is 34.5 Å². The average molecular weight is 477 g/mol. The number of benzene rings is 2. The summed E-state index contributed by atoms with van der Waals surface area (Å²) in [6, 6.07) is 10.2. The number of hydrogen-bond acceptors (Lipinski definition) is 6. The number of hydrogen-bond donors (Lipinski definition) is 0. The zero-order valence-corrected chi connectivity index (χ0v) is 18.7. The fourth-order valence-corrected chi connectivity index (χ4v) is 5.83. The van der Waals surface area contributed by atoms with Gasteiger partial charge in [0.05, 0.1) is 21.7 Å². The van der Waals surface area contributed by atoms with Gasteiger partial charge >= 0.3 is 5.97 Å². The third-order valence-electron chi connectivity index (χ3n) is 5.55. The van der Waals surface area contributed by atoms with Crippen molar-refractivity contribution in [2.45, 2.75) is 30.6 Å². The zero-order valence-electron chi connectivity index (χ0n) is 17.1. The van der Waals surface area contributed by atoms with Crippen LogP contribution in [-0.4, -0.2) is 55.2 Å². The van der Waals surface area contributed by atoms with Crippen LogP contribution in [0.3, 0.4) is 0 Å². The minimum Gasteiger partial charge on any atom is -0.440 e. The Kier molecular flexibility index (Phi) is 6.32. The molecule has 2 heterocycles. The quantitative estimate of drug-likeness (QED) is 0.484. The van der Waals surface area contributed by atoms with E-state index in [9.17, 15) is 22.8 Å². The number of carbonyl (C=O) groups is 3. The molecule has 0 unspecified atom stereocenters. The van der Waals surface area contributed by atoms with Gasteiger partial charge in [-0.3, -0.25) is 9.59 Å². The van der Waals surface area contributed by atoms with Gasteiger partial charge in [-0.15, -0.1) is 0 Å². The van der Waals surface area contributed by atoms with Gasteiger partial charge in [0, 0.05) is 13.1 Å². The number of sulfonamides is 1. The average Bonchev–Trinajstić information content (AvgIpc) is 2.98. The third kappa shape index (κ3) is 4.15. The maximum atomic E-state index is 13.1. The number of nitrogens with zero attached hydrogens (tertiary/aromatic N) is 2. The zero-order chi connectivity index (χ0) is 22.9. The fourth-order valence-electron chi connectivity index (χ4n) is 3.81. The van der Waals surface area contributed by atoms with Crippen molar-refractivity contribution < 1.29 is 27.5 Å². The maximum Gasteiger partial charge on any atom is 0.339 e. The van der Waals surface area contributed by atoms with Gasteiger partial charge in [0.1, 0.15) is 4.90 Å². The molecule has 8 nitrogen and oxygen atoms in total. The molecule has 2 aromatic rings. The lowest BCUT2D eigenvalue weighted by Gasteiger charge is -2.21. The maximum absolute atomic E-state index is 13.1. The van der Waals surface area contributed by atoms with Crippen LogP contribution in [0.1, 0.15) is 56.8 Å². The van der Waals surface area contributed by atoms with E-state index >= 15 is 0 Å². The molecule has 0 atom stereocenters. The number of carbonyl (C=O) groups excluding carboxylic acids is 3. The number of halogens is 1. The number of rotatable bonds is 5. The molecule has 2 aliphatic rings. The number of imide groups is 1. The van der Waals surface area contributed by atoms with Crippen LogP contribution in [0.25, 0.3) is 0 Å². The topological polar surface area (TPSA) is 101 Å². The summed E-state index contributed by atoms with van der Waals surface area (Å²) < 4.78 is 32.7. The Hall–Kier alpha value is -2.75. The van der Waals surface area contributed by atoms with Gasteiger partial charge in [0.2, 0.25) is 10.0 Å². The number of amides is 2. The van der Waals surface area contributed by atoms with E-state index in [-0.39, 0.29) is 26.6 Å². The summed E-state index contributed by atoms with van der Waals surface area (Å²) in [5.41, 5.74) is 0.441. The molecule has 1 saturated heterocycles. The first-order valence-corrected chi connectivity index (χ1v) is 12.0. The molecule has 4 rings (SSSR count). The highest BCUT2D eigenvalue weighted by atomic mass is 35.5. The molecule has 2 aromatic carbocycles. The summed E-state index contributed by atoms with van der Waals surface area (Å²) in [5, 5.41) is 0.00569. The third-order valence-corrected chi connectivity index (χ3v) is 7.93. The summed E-state index contributed by atoms with van der Waals surface area (Å²) in [5.74, 6) is -1.98. The minimum absolute atomic E-state index is 0.00569. The van der Waals surface area contributed by atoms with Crippen LogP contribution in [-0.2, 0) is 14.8 Å². The van der Waals surface area contributed by atoms with Crippen molar-refractivity contribution in [2.24, 2.45) is 0 Å². The molecule has 168 valence electrons. The molecule has 2 amide bonds. The lowest BCUT2D eigenvalue weighted by atomic mass is 10.1. The van der Waals surface area contributed by atoms with Crippen molar-refractivity contribution >= 4 is 39.4 Å². The molecule has 0 radical (unpaired) electrons. The van der Waals surface area contributed by atoms with Crippen LogP contribution in [0.2, 0.25) is 5.02 Å². The monoisotopic (exact) mass is 476 g/mol. The van der Waals surface area contributed by atoms with E-state index in [1.165, 1.54) is 34.6 Å². The predicted octanol–water partition coefficient (Wildman–Crippen LogP) is 3.32. The Labute approximate surface area is 190 Å². The van der Waals surface area contributed by atoms with Gasteiger partial charge in [0.15, 0.2) is 6.73 Å². The molecule has 32 heavy (non-hydrogen) atoms. The first kappa shape index (κ1) is 22.4. The molecule has 0 saturated carbocycles. The van der Waals surface area contributed by atoms with E-state index in [0.717, 1.165) is 30.6 Å². The van der Waals surface area contributed by atoms with Gasteiger partial charge in [-0.25, -0.2) is 18.1 Å². The SMILES string of the molecule is O=C(OCN1C(=O)c2ccccc2C1=O)c1ccc(Cl)c(S(=O)(=O)N2CCCCCC2)c1. The van der Waals surface area contributed by atoms with E-state index in [2.05, 4.69) is 0 Å². The second-order valence-electron chi connectivity index (χ2n) is 7.61. The molecule has 2 aliphatic heterocycles. The van der Waals surface area contributed by atoms with Crippen molar-refractivity contribution in [1.82, 2.24) is 9.21 Å². The normalized spacial score (nSPS) is 17.2. The second kappa shape index (κ2) is 9.01. The van der Waals surface area contributed by atoms with Crippen molar-refractivity contribution in [2.75, 3.05) is 19.8 Å². The van der Waals surface area contributed by atoms with Crippen molar-refractivity contribution in [3.63, 3.8) is 0 Å². The van der Waals surface area contributed by atoms with Gasteiger partial charge in [-0.2, -0.15) is 4.31 Å². The van der Waals surface area contributed by atoms with Crippen molar-refractivity contribution in [1.29, 1.82) is 0 Å². The van der Waals surface area contributed by atoms with Gasteiger partial charge < -0.3 is 4.74 Å². The summed E-state index contributed by atoms with van der Waals surface area (Å²) >= 11 is 6.16. The van der Waals surface area contributed by atoms with Crippen molar-refractivity contribution in [3.05, 3.63) is 64.2 Å². The van der Waals surface area contributed by atoms with Crippen LogP contribution < -0.4 is 0 Å². The molecule has 0 bridgehead atoms. The smallest absolute Gasteiger partial charge is 0.339 e. The Morgan fingerprint density at radius 2 is 1.53 bits per heavy atom. The standard InChI is InChI=1S/C22H21ClN2O6S/c23-18-10-9-15(13-19(18)32(29,30)24-11-5-1-2-6-12-24)22(28)31-14-25-20(26)16-7-3-4-8-17(16)21(25)27/h3-4,7-10,13H,1-2,5-6,11-12,14H2. The summed E-state index contributed by atoms with van der Waals surface area (Å²) in [6.07, 6.45) is 3.45. The number of fused-ring (bicyclic) bond motifs is 1. The fraction of sp³-hybridized carbons (Fsp3) is 0.318. The van der Waals surface area contributed by atoms with Crippen LogP contribution in [0.5, 0.6) is 0 Å². The lowest BCUT2D eigenvalue weighted by Crippen LogP contribution is -2.33. The lowest BCUT2D eigenvalue weighted by molar-refractivity contribution is 0.0228. The van der Waals surface area contributed by atoms with Crippen LogP contribution in [0.4, 0.5) is 0 Å². The highest BCUT2D eigenvalue weighted by molar-refractivity contribution is 7.89. The van der Waals surface area contributed by atoms with Gasteiger partial charge in [-0.1, -0.05) is 36.6 Å². The van der Waals surface area contributed by atoms with Gasteiger partial charge in [0.25, 0.3) is 11.8 Å². The highest BCUT2D eigenvalue weighted by Gasteiger charge is 2.36. The largest absolute Gasteiger partial charge is 0.440 e. The molecule has 0 aliphatic carbocycles. The Morgan fingerprint density at radius 3 is 2.12 bits per heavy atom. The van der Waals surface area contributed by atoms with E-state index in [1.54, 1.807) is 12.1 Å². The van der Waals surface area contributed by atoms with Crippen molar-refractivity contribution in [3.8, 4) is 0 Å². The first-order chi connectivity index (χ1) is 15.3. The van der Waals surface area contributed by atoms with E-state index in [4.69, 9.17) is 16.3 Å². The molecule has 0 aromatic heterocycles. The van der Waals surface area contributed by atoms with Crippen LogP contribution in [0.15, 0.2) is 47.4 Å². The Bertz CT molecular complexity index is 1150. The molecule has 0 spiro atoms. The Balaban J connectivity index is 1.51. The Morgan fingerprint density at radius 1 is 0.938 bits per heavy atom. The van der Waals surface area contributed by atoms with Crippen LogP contribution in [0, 0.1) is 0 Å². The summed E-state index contributed by atoms with van der Waals surface area (Å²) in [6.45, 7) is 0.210. The molecule has 0 N–H and O–H groups in total. The molecular formula is C22H21ClN2O6S. The predicted molar refractivity (Wildman–Crippen MR) is 116 cm³/mol. The molecule has 1 fully saturated rings. The second-order valence-corrected chi connectivity index (χ2v) is 9.92. The van der Waals surface area contributed by atoms with Crippen LogP contribution >= 0.6 is 11.6 Å². The van der Waals surface area contributed by atoms with E-state index in [0.29, 0.717) is 13.1 Å².